The molecule has 102 valence electrons. The minimum Gasteiger partial charge on any atom is -0.384 e. The number of nitrogens with zero attached hydrogens (tertiary/aromatic N) is 1. The fourth-order valence-corrected chi connectivity index (χ4v) is 2.32. The second-order valence-corrected chi connectivity index (χ2v) is 5.02. The monoisotopic (exact) mass is 286 g/mol. The number of benzene rings is 1. The van der Waals surface area contributed by atoms with Gasteiger partial charge in [0, 0.05) is 16.0 Å². The third-order valence-electron chi connectivity index (χ3n) is 2.71. The summed E-state index contributed by atoms with van der Waals surface area (Å²) < 4.78 is 0. The van der Waals surface area contributed by atoms with E-state index in [1.807, 2.05) is 6.92 Å². The van der Waals surface area contributed by atoms with Crippen molar-refractivity contribution >= 4 is 17.2 Å². The molecule has 0 aliphatic carbocycles. The fourth-order valence-electron chi connectivity index (χ4n) is 1.61. The van der Waals surface area contributed by atoms with Gasteiger partial charge in [-0.3, -0.25) is 4.79 Å². The van der Waals surface area contributed by atoms with Gasteiger partial charge in [-0.05, 0) is 31.2 Å². The molecule has 20 heavy (non-hydrogen) atoms. The molecule has 2 aromatic rings. The molecule has 2 N–H and O–H groups in total. The van der Waals surface area contributed by atoms with E-state index >= 15 is 0 Å². The van der Waals surface area contributed by atoms with Crippen LogP contribution in [0.4, 0.5) is 0 Å². The number of rotatable bonds is 3. The number of carbonyl (C=O) groups excluding carboxylic acids is 1. The van der Waals surface area contributed by atoms with Crippen molar-refractivity contribution < 1.29 is 9.90 Å². The van der Waals surface area contributed by atoms with Crippen LogP contribution < -0.4 is 5.32 Å². The largest absolute Gasteiger partial charge is 0.384 e. The maximum atomic E-state index is 12.0. The van der Waals surface area contributed by atoms with Crippen molar-refractivity contribution in [1.82, 2.24) is 10.3 Å². The van der Waals surface area contributed by atoms with Gasteiger partial charge >= 0.3 is 0 Å². The van der Waals surface area contributed by atoms with Crippen LogP contribution in [0.1, 0.15) is 26.5 Å². The highest BCUT2D eigenvalue weighted by atomic mass is 32.1. The normalized spacial score (nSPS) is 9.70. The van der Waals surface area contributed by atoms with Crippen LogP contribution in [0.25, 0.3) is 0 Å². The van der Waals surface area contributed by atoms with Gasteiger partial charge in [-0.1, -0.05) is 11.8 Å². The van der Waals surface area contributed by atoms with Gasteiger partial charge in [0.15, 0.2) is 0 Å². The lowest BCUT2D eigenvalue weighted by atomic mass is 10.1. The summed E-state index contributed by atoms with van der Waals surface area (Å²) in [5.74, 6) is 5.22. The molecule has 0 saturated heterocycles. The highest BCUT2D eigenvalue weighted by Crippen LogP contribution is 2.11. The number of aliphatic hydroxyl groups is 1. The van der Waals surface area contributed by atoms with Crippen molar-refractivity contribution in [2.45, 2.75) is 13.5 Å². The first-order chi connectivity index (χ1) is 9.70. The van der Waals surface area contributed by atoms with Crippen LogP contribution >= 0.6 is 11.3 Å². The van der Waals surface area contributed by atoms with Crippen molar-refractivity contribution in [3.63, 3.8) is 0 Å². The molecule has 1 amide bonds. The van der Waals surface area contributed by atoms with Gasteiger partial charge in [0.2, 0.25) is 0 Å². The van der Waals surface area contributed by atoms with Crippen molar-refractivity contribution in [2.75, 3.05) is 6.61 Å². The molecule has 4 nitrogen and oxygen atoms in total. The second-order valence-electron chi connectivity index (χ2n) is 4.08. The van der Waals surface area contributed by atoms with Gasteiger partial charge in [-0.15, -0.1) is 11.3 Å². The van der Waals surface area contributed by atoms with E-state index in [2.05, 4.69) is 22.1 Å². The number of nitrogens with one attached hydrogen (secondary N) is 1. The van der Waals surface area contributed by atoms with Gasteiger partial charge in [-0.25, -0.2) is 4.98 Å². The molecule has 0 aliphatic rings. The molecule has 5 heteroatoms. The fraction of sp³-hybridized carbons (Fsp3) is 0.200. The number of hydrogen-bond donors (Lipinski definition) is 2. The van der Waals surface area contributed by atoms with Crippen LogP contribution in [0, 0.1) is 18.8 Å². The summed E-state index contributed by atoms with van der Waals surface area (Å²) in [5, 5.41) is 11.5. The van der Waals surface area contributed by atoms with E-state index in [1.54, 1.807) is 29.8 Å². The Hall–Kier alpha value is -2.16. The SMILES string of the molecule is Cc1ncsc1CNC(=O)c1ccc(C#CCO)cc1. The molecule has 0 bridgehead atoms. The third kappa shape index (κ3) is 3.67. The standard InChI is InChI=1S/C15H14N2O2S/c1-11-14(20-10-17-11)9-16-15(19)13-6-4-12(5-7-13)3-2-8-18/h4-7,10,18H,8-9H2,1H3,(H,16,19). The molecule has 0 aliphatic heterocycles. The molecular formula is C15H14N2O2S. The molecular weight excluding hydrogens is 272 g/mol. The molecule has 0 radical (unpaired) electrons. The summed E-state index contributed by atoms with van der Waals surface area (Å²) in [6.45, 7) is 2.24. The van der Waals surface area contributed by atoms with E-state index in [1.165, 1.54) is 11.3 Å². The maximum absolute atomic E-state index is 12.0. The van der Waals surface area contributed by atoms with Crippen LogP contribution in [0.15, 0.2) is 29.8 Å². The van der Waals surface area contributed by atoms with Gasteiger partial charge in [0.25, 0.3) is 5.91 Å². The lowest BCUT2D eigenvalue weighted by Gasteiger charge is -2.04. The summed E-state index contributed by atoms with van der Waals surface area (Å²) >= 11 is 1.53. The Bertz CT molecular complexity index is 651. The highest BCUT2D eigenvalue weighted by Gasteiger charge is 2.07. The van der Waals surface area contributed by atoms with E-state index in [9.17, 15) is 4.79 Å². The zero-order valence-corrected chi connectivity index (χ0v) is 11.8. The lowest BCUT2D eigenvalue weighted by molar-refractivity contribution is 0.0951. The second kappa shape index (κ2) is 6.85. The number of aryl methyl sites for hydroxylation is 1. The molecule has 0 atom stereocenters. The number of aromatic nitrogens is 1. The summed E-state index contributed by atoms with van der Waals surface area (Å²) in [4.78, 5) is 17.2. The first-order valence-corrected chi connectivity index (χ1v) is 6.95. The summed E-state index contributed by atoms with van der Waals surface area (Å²) in [5.41, 5.74) is 4.08. The molecule has 0 unspecified atom stereocenters. The van der Waals surface area contributed by atoms with Crippen LogP contribution in [-0.4, -0.2) is 22.6 Å². The summed E-state index contributed by atoms with van der Waals surface area (Å²) in [6, 6.07) is 6.96. The molecule has 1 aromatic heterocycles. The average molecular weight is 286 g/mol. The Morgan fingerprint density at radius 1 is 1.40 bits per heavy atom. The van der Waals surface area contributed by atoms with Gasteiger partial charge < -0.3 is 10.4 Å². The zero-order chi connectivity index (χ0) is 14.4. The Kier molecular flexibility index (Phi) is 4.88. The summed E-state index contributed by atoms with van der Waals surface area (Å²) in [6.07, 6.45) is 0. The zero-order valence-electron chi connectivity index (χ0n) is 11.0. The van der Waals surface area contributed by atoms with Crippen molar-refractivity contribution in [3.05, 3.63) is 51.5 Å². The minimum absolute atomic E-state index is 0.125. The molecule has 2 rings (SSSR count). The number of carbonyl (C=O) groups is 1. The van der Waals surface area contributed by atoms with Crippen LogP contribution in [0.5, 0.6) is 0 Å². The molecule has 0 spiro atoms. The van der Waals surface area contributed by atoms with E-state index in [0.717, 1.165) is 16.1 Å². The van der Waals surface area contributed by atoms with E-state index in [-0.39, 0.29) is 12.5 Å². The number of aliphatic hydroxyl groups excluding tert-OH is 1. The predicted molar refractivity (Wildman–Crippen MR) is 78.4 cm³/mol. The van der Waals surface area contributed by atoms with Crippen molar-refractivity contribution in [3.8, 4) is 11.8 Å². The van der Waals surface area contributed by atoms with Gasteiger partial charge in [0.1, 0.15) is 6.61 Å². The molecule has 1 aromatic carbocycles. The van der Waals surface area contributed by atoms with Gasteiger partial charge in [-0.2, -0.15) is 0 Å². The van der Waals surface area contributed by atoms with Gasteiger partial charge in [0.05, 0.1) is 17.7 Å². The third-order valence-corrected chi connectivity index (χ3v) is 3.65. The number of hydrogen-bond acceptors (Lipinski definition) is 4. The van der Waals surface area contributed by atoms with Crippen LogP contribution in [0.2, 0.25) is 0 Å². The predicted octanol–water partition coefficient (Wildman–Crippen LogP) is 1.73. The van der Waals surface area contributed by atoms with E-state index in [0.29, 0.717) is 12.1 Å². The molecule has 0 fully saturated rings. The summed E-state index contributed by atoms with van der Waals surface area (Å²) in [7, 11) is 0. The van der Waals surface area contributed by atoms with Crippen molar-refractivity contribution in [2.24, 2.45) is 0 Å². The smallest absolute Gasteiger partial charge is 0.251 e. The average Bonchev–Trinajstić information content (AvgIpc) is 2.88. The van der Waals surface area contributed by atoms with E-state index < -0.39 is 0 Å². The van der Waals surface area contributed by atoms with Crippen LogP contribution in [0.3, 0.4) is 0 Å². The molecule has 0 saturated carbocycles. The quantitative estimate of drug-likeness (QED) is 0.845. The van der Waals surface area contributed by atoms with Crippen LogP contribution in [-0.2, 0) is 6.54 Å². The minimum atomic E-state index is -0.170. The number of amides is 1. The highest BCUT2D eigenvalue weighted by molar-refractivity contribution is 7.09. The number of thiazole rings is 1. The molecule has 1 heterocycles. The lowest BCUT2D eigenvalue weighted by Crippen LogP contribution is -2.22. The first-order valence-electron chi connectivity index (χ1n) is 6.07. The van der Waals surface area contributed by atoms with Crippen molar-refractivity contribution in [1.29, 1.82) is 0 Å². The van der Waals surface area contributed by atoms with E-state index in [4.69, 9.17) is 5.11 Å². The first kappa shape index (κ1) is 14.3. The Morgan fingerprint density at radius 3 is 2.75 bits per heavy atom. The Labute approximate surface area is 121 Å². The Balaban J connectivity index is 1.97. The topological polar surface area (TPSA) is 62.2 Å². The Morgan fingerprint density at radius 2 is 2.15 bits per heavy atom. The maximum Gasteiger partial charge on any atom is 0.251 e.